The van der Waals surface area contributed by atoms with Gasteiger partial charge in [0.1, 0.15) is 17.0 Å². The van der Waals surface area contributed by atoms with Crippen molar-refractivity contribution < 1.29 is 9.84 Å². The van der Waals surface area contributed by atoms with E-state index in [2.05, 4.69) is 22.1 Å². The van der Waals surface area contributed by atoms with Crippen molar-refractivity contribution in [3.63, 3.8) is 0 Å². The molecule has 0 bridgehead atoms. The number of ether oxygens (including phenoxy) is 1. The third-order valence-corrected chi connectivity index (χ3v) is 4.87. The van der Waals surface area contributed by atoms with E-state index in [4.69, 9.17) is 4.74 Å². The van der Waals surface area contributed by atoms with Crippen molar-refractivity contribution in [2.24, 2.45) is 0 Å². The first-order valence-corrected chi connectivity index (χ1v) is 9.45. The van der Waals surface area contributed by atoms with Gasteiger partial charge in [0.05, 0.1) is 6.61 Å². The van der Waals surface area contributed by atoms with Crippen LogP contribution in [-0.4, -0.2) is 21.7 Å². The van der Waals surface area contributed by atoms with Gasteiger partial charge in [-0.15, -0.1) is 0 Å². The molecule has 0 spiro atoms. The minimum atomic E-state index is -0.0782. The third kappa shape index (κ3) is 3.67. The topological polar surface area (TPSA) is 55.2 Å². The quantitative estimate of drug-likeness (QED) is 0.512. The smallest absolute Gasteiger partial charge is 0.145 e. The summed E-state index contributed by atoms with van der Waals surface area (Å²) in [5.74, 6) is 1.00. The third-order valence-electron chi connectivity index (χ3n) is 4.87. The highest BCUT2D eigenvalue weighted by molar-refractivity contribution is 5.85. The second-order valence-corrected chi connectivity index (χ2v) is 6.67. The van der Waals surface area contributed by atoms with Gasteiger partial charge >= 0.3 is 0 Å². The zero-order chi connectivity index (χ0) is 19.3. The van der Waals surface area contributed by atoms with Gasteiger partial charge in [0.2, 0.25) is 0 Å². The largest absolute Gasteiger partial charge is 0.505 e. The molecule has 2 aromatic heterocycles. The number of nitrogens with zero attached hydrogens (tertiary/aromatic N) is 2. The molecule has 2 aromatic carbocycles. The van der Waals surface area contributed by atoms with Gasteiger partial charge in [0, 0.05) is 35.0 Å². The number of phenols is 1. The van der Waals surface area contributed by atoms with E-state index in [0.29, 0.717) is 12.1 Å². The van der Waals surface area contributed by atoms with E-state index in [1.54, 1.807) is 12.4 Å². The number of pyridine rings is 2. The summed E-state index contributed by atoms with van der Waals surface area (Å²) in [5.41, 5.74) is 3.52. The number of hydrogen-bond acceptors (Lipinski definition) is 4. The second kappa shape index (κ2) is 8.09. The zero-order valence-electron chi connectivity index (χ0n) is 15.7. The van der Waals surface area contributed by atoms with Crippen LogP contribution in [0.5, 0.6) is 11.5 Å². The Morgan fingerprint density at radius 2 is 1.71 bits per heavy atom. The molecule has 0 aliphatic carbocycles. The number of aromatic nitrogens is 2. The number of phenolic OH excluding ortho intramolecular Hbond substituents is 1. The summed E-state index contributed by atoms with van der Waals surface area (Å²) < 4.78 is 5.54. The van der Waals surface area contributed by atoms with Crippen LogP contribution >= 0.6 is 0 Å². The molecule has 1 atom stereocenters. The molecule has 140 valence electrons. The Bertz CT molecular complexity index is 1060. The molecule has 2 heterocycles. The first-order chi connectivity index (χ1) is 13.8. The average molecular weight is 370 g/mol. The first-order valence-electron chi connectivity index (χ1n) is 9.45. The zero-order valence-corrected chi connectivity index (χ0v) is 15.7. The monoisotopic (exact) mass is 370 g/mol. The van der Waals surface area contributed by atoms with E-state index in [9.17, 15) is 5.11 Å². The molecule has 1 unspecified atom stereocenters. The van der Waals surface area contributed by atoms with Crippen molar-refractivity contribution in [3.05, 3.63) is 95.9 Å². The Morgan fingerprint density at radius 3 is 2.46 bits per heavy atom. The minimum absolute atomic E-state index is 0.0782. The fraction of sp³-hybridized carbons (Fsp3) is 0.167. The molecule has 4 nitrogen and oxygen atoms in total. The van der Waals surface area contributed by atoms with E-state index in [0.717, 1.165) is 34.4 Å². The molecule has 0 fully saturated rings. The molecule has 0 aliphatic heterocycles. The van der Waals surface area contributed by atoms with Crippen LogP contribution < -0.4 is 4.74 Å². The van der Waals surface area contributed by atoms with E-state index in [1.165, 1.54) is 0 Å². The van der Waals surface area contributed by atoms with E-state index in [-0.39, 0.29) is 11.7 Å². The highest BCUT2D eigenvalue weighted by Crippen LogP contribution is 2.37. The summed E-state index contributed by atoms with van der Waals surface area (Å²) >= 11 is 0. The number of fused-ring (bicyclic) bond motifs is 1. The van der Waals surface area contributed by atoms with Crippen molar-refractivity contribution in [2.45, 2.75) is 19.3 Å². The van der Waals surface area contributed by atoms with Crippen LogP contribution in [0.3, 0.4) is 0 Å². The lowest BCUT2D eigenvalue weighted by Gasteiger charge is -2.19. The Kier molecular flexibility index (Phi) is 5.20. The van der Waals surface area contributed by atoms with Gasteiger partial charge in [-0.05, 0) is 49.2 Å². The van der Waals surface area contributed by atoms with E-state index >= 15 is 0 Å². The molecule has 0 aliphatic rings. The van der Waals surface area contributed by atoms with Crippen LogP contribution in [0.2, 0.25) is 0 Å². The summed E-state index contributed by atoms with van der Waals surface area (Å²) in [6.45, 7) is 2.62. The minimum Gasteiger partial charge on any atom is -0.505 e. The molecule has 28 heavy (non-hydrogen) atoms. The van der Waals surface area contributed by atoms with Crippen molar-refractivity contribution in [3.8, 4) is 11.5 Å². The van der Waals surface area contributed by atoms with Crippen molar-refractivity contribution in [1.82, 2.24) is 9.97 Å². The number of benzene rings is 2. The van der Waals surface area contributed by atoms with Crippen molar-refractivity contribution in [1.29, 1.82) is 0 Å². The molecule has 0 radical (unpaired) electrons. The van der Waals surface area contributed by atoms with Gasteiger partial charge in [-0.1, -0.05) is 36.4 Å². The van der Waals surface area contributed by atoms with Gasteiger partial charge in [-0.2, -0.15) is 0 Å². The molecule has 0 saturated heterocycles. The Hall–Kier alpha value is -3.40. The maximum atomic E-state index is 11.0. The predicted molar refractivity (Wildman–Crippen MR) is 111 cm³/mol. The van der Waals surface area contributed by atoms with Gasteiger partial charge < -0.3 is 9.84 Å². The average Bonchev–Trinajstić information content (AvgIpc) is 2.75. The highest BCUT2D eigenvalue weighted by Gasteiger charge is 2.21. The van der Waals surface area contributed by atoms with E-state index in [1.807, 2.05) is 61.5 Å². The molecule has 0 amide bonds. The lowest BCUT2D eigenvalue weighted by Crippen LogP contribution is -2.08. The van der Waals surface area contributed by atoms with Crippen LogP contribution in [0.15, 0.2) is 79.1 Å². The lowest BCUT2D eigenvalue weighted by atomic mass is 9.87. The SMILES string of the molecule is CCOc1ccc(CC(c2ccccn2)c2ccc3cccnc3c2O)cc1. The fourth-order valence-corrected chi connectivity index (χ4v) is 3.51. The summed E-state index contributed by atoms with van der Waals surface area (Å²) in [6, 6.07) is 21.8. The number of hydrogen-bond donors (Lipinski definition) is 1. The highest BCUT2D eigenvalue weighted by atomic mass is 16.5. The molecule has 1 N–H and O–H groups in total. The van der Waals surface area contributed by atoms with Gasteiger partial charge in [0.25, 0.3) is 0 Å². The molecular formula is C24H22N2O2. The molecule has 4 rings (SSSR count). The lowest BCUT2D eigenvalue weighted by molar-refractivity contribution is 0.340. The van der Waals surface area contributed by atoms with Gasteiger partial charge in [-0.3, -0.25) is 9.97 Å². The van der Waals surface area contributed by atoms with Gasteiger partial charge in [0.15, 0.2) is 0 Å². The summed E-state index contributed by atoms with van der Waals surface area (Å²) in [5, 5.41) is 11.9. The van der Waals surface area contributed by atoms with Crippen LogP contribution in [0, 0.1) is 0 Å². The van der Waals surface area contributed by atoms with Gasteiger partial charge in [-0.25, -0.2) is 0 Å². The van der Waals surface area contributed by atoms with Crippen molar-refractivity contribution in [2.75, 3.05) is 6.61 Å². The van der Waals surface area contributed by atoms with Crippen molar-refractivity contribution >= 4 is 10.9 Å². The molecule has 4 heteroatoms. The fourth-order valence-electron chi connectivity index (χ4n) is 3.51. The van der Waals surface area contributed by atoms with Crippen LogP contribution in [0.25, 0.3) is 10.9 Å². The maximum Gasteiger partial charge on any atom is 0.145 e. The molecule has 0 saturated carbocycles. The Balaban J connectivity index is 1.75. The van der Waals surface area contributed by atoms with Crippen LogP contribution in [0.4, 0.5) is 0 Å². The maximum absolute atomic E-state index is 11.0. The normalized spacial score (nSPS) is 12.0. The second-order valence-electron chi connectivity index (χ2n) is 6.67. The standard InChI is InChI=1S/C24H22N2O2/c1-2-28-19-11-8-17(9-12-19)16-21(22-7-3-4-14-25-22)20-13-10-18-6-5-15-26-23(18)24(20)27/h3-15,21,27H,2,16H2,1H3. The summed E-state index contributed by atoms with van der Waals surface area (Å²) in [6.07, 6.45) is 4.21. The summed E-state index contributed by atoms with van der Waals surface area (Å²) in [4.78, 5) is 8.93. The Labute approximate surface area is 164 Å². The molecular weight excluding hydrogens is 348 g/mol. The van der Waals surface area contributed by atoms with Crippen LogP contribution in [0.1, 0.15) is 29.7 Å². The molecule has 4 aromatic rings. The predicted octanol–water partition coefficient (Wildman–Crippen LogP) is 5.11. The summed E-state index contributed by atoms with van der Waals surface area (Å²) in [7, 11) is 0. The number of rotatable bonds is 6. The first kappa shape index (κ1) is 18.0. The number of aromatic hydroxyl groups is 1. The Morgan fingerprint density at radius 1 is 0.893 bits per heavy atom. The van der Waals surface area contributed by atoms with Crippen LogP contribution in [-0.2, 0) is 6.42 Å². The van der Waals surface area contributed by atoms with E-state index < -0.39 is 0 Å².